The molecule has 1 aliphatic heterocycles. The van der Waals surface area contributed by atoms with Gasteiger partial charge in [-0.05, 0) is 19.8 Å². The Kier molecular flexibility index (Phi) is 5.35. The van der Waals surface area contributed by atoms with E-state index in [1.165, 1.54) is 0 Å². The molecule has 1 fully saturated rings. The van der Waals surface area contributed by atoms with Crippen LogP contribution in [-0.2, 0) is 9.47 Å². The van der Waals surface area contributed by atoms with Crippen LogP contribution in [0.1, 0.15) is 31.4 Å². The fraction of sp³-hybridized carbons (Fsp3) is 0.692. The molecule has 1 aromatic heterocycles. The van der Waals surface area contributed by atoms with Gasteiger partial charge in [-0.1, -0.05) is 0 Å². The molecule has 0 aromatic carbocycles. The molecule has 0 aliphatic carbocycles. The number of rotatable bonds is 7. The van der Waals surface area contributed by atoms with Crippen molar-refractivity contribution in [3.05, 3.63) is 11.8 Å². The van der Waals surface area contributed by atoms with Crippen molar-refractivity contribution in [2.24, 2.45) is 0 Å². The van der Waals surface area contributed by atoms with Gasteiger partial charge in [0.2, 0.25) is 5.95 Å². The van der Waals surface area contributed by atoms with Crippen LogP contribution in [-0.4, -0.2) is 42.9 Å². The fourth-order valence-corrected chi connectivity index (χ4v) is 2.09. The molecule has 1 aromatic rings. The average Bonchev–Trinajstić information content (AvgIpc) is 2.92. The highest BCUT2D eigenvalue weighted by molar-refractivity contribution is 5.41. The highest BCUT2D eigenvalue weighted by atomic mass is 16.5. The number of hydrogen-bond acceptors (Lipinski definition) is 6. The summed E-state index contributed by atoms with van der Waals surface area (Å²) < 4.78 is 10.7. The number of nitrogens with zero attached hydrogens (tertiary/aromatic N) is 2. The lowest BCUT2D eigenvalue weighted by molar-refractivity contribution is 0.147. The Morgan fingerprint density at radius 2 is 2.42 bits per heavy atom. The zero-order valence-corrected chi connectivity index (χ0v) is 11.4. The Bertz CT molecular complexity index is 394. The van der Waals surface area contributed by atoms with Gasteiger partial charge >= 0.3 is 0 Å². The second kappa shape index (κ2) is 7.25. The number of nitrogens with two attached hydrogens (primary N) is 1. The van der Waals surface area contributed by atoms with Crippen LogP contribution in [0, 0.1) is 0 Å². The lowest BCUT2D eigenvalue weighted by Crippen LogP contribution is -2.11. The van der Waals surface area contributed by atoms with Crippen LogP contribution in [0.25, 0.3) is 0 Å². The summed E-state index contributed by atoms with van der Waals surface area (Å²) >= 11 is 0. The third-order valence-corrected chi connectivity index (χ3v) is 3.09. The highest BCUT2D eigenvalue weighted by Crippen LogP contribution is 2.25. The van der Waals surface area contributed by atoms with Crippen LogP contribution < -0.4 is 11.1 Å². The molecule has 1 atom stereocenters. The molecule has 3 N–H and O–H groups in total. The number of ether oxygens (including phenoxy) is 2. The second-order valence-electron chi connectivity index (χ2n) is 4.57. The summed E-state index contributed by atoms with van der Waals surface area (Å²) in [6.07, 6.45) is 1.94. The van der Waals surface area contributed by atoms with E-state index >= 15 is 0 Å². The summed E-state index contributed by atoms with van der Waals surface area (Å²) in [5.74, 6) is 1.44. The molecule has 6 heteroatoms. The van der Waals surface area contributed by atoms with Gasteiger partial charge in [-0.2, -0.15) is 4.98 Å². The molecule has 6 nitrogen and oxygen atoms in total. The van der Waals surface area contributed by atoms with Gasteiger partial charge in [0.05, 0.1) is 12.3 Å². The van der Waals surface area contributed by atoms with Crippen LogP contribution in [0.3, 0.4) is 0 Å². The molecule has 2 rings (SSSR count). The number of nitrogen functional groups attached to an aromatic ring is 1. The zero-order valence-electron chi connectivity index (χ0n) is 11.4. The van der Waals surface area contributed by atoms with Gasteiger partial charge in [0.15, 0.2) is 0 Å². The molecule has 0 bridgehead atoms. The van der Waals surface area contributed by atoms with Crippen LogP contribution in [0.4, 0.5) is 11.8 Å². The number of hydrogen-bond donors (Lipinski definition) is 2. The topological polar surface area (TPSA) is 82.3 Å². The highest BCUT2D eigenvalue weighted by Gasteiger charge is 2.20. The van der Waals surface area contributed by atoms with E-state index in [0.717, 1.165) is 57.3 Å². The molecule has 0 radical (unpaired) electrons. The third kappa shape index (κ3) is 4.33. The largest absolute Gasteiger partial charge is 0.382 e. The van der Waals surface area contributed by atoms with Crippen LogP contribution in [0.15, 0.2) is 6.07 Å². The predicted molar refractivity (Wildman–Crippen MR) is 74.2 cm³/mol. The minimum atomic E-state index is 0.316. The maximum Gasteiger partial charge on any atom is 0.222 e. The standard InChI is InChI=1S/C13H22N4O2/c1-2-18-6-3-5-15-12-8-11(16-13(14)17-12)10-4-7-19-9-10/h8,10H,2-7,9H2,1H3,(H3,14,15,16,17)/t10-/m1/s1. The van der Waals surface area contributed by atoms with E-state index in [2.05, 4.69) is 15.3 Å². The Balaban J connectivity index is 1.89. The summed E-state index contributed by atoms with van der Waals surface area (Å²) in [6, 6.07) is 1.97. The van der Waals surface area contributed by atoms with E-state index in [1.807, 2.05) is 13.0 Å². The SMILES string of the molecule is CCOCCCNc1cc([C@@H]2CCOC2)nc(N)n1. The third-order valence-electron chi connectivity index (χ3n) is 3.09. The van der Waals surface area contributed by atoms with Gasteiger partial charge in [-0.25, -0.2) is 4.98 Å². The molecule has 0 amide bonds. The molecule has 106 valence electrons. The van der Waals surface area contributed by atoms with E-state index in [-0.39, 0.29) is 0 Å². The van der Waals surface area contributed by atoms with Crippen molar-refractivity contribution in [2.45, 2.75) is 25.7 Å². The molecule has 0 unspecified atom stereocenters. The Morgan fingerprint density at radius 3 is 3.16 bits per heavy atom. The minimum Gasteiger partial charge on any atom is -0.382 e. The van der Waals surface area contributed by atoms with Gasteiger partial charge in [-0.15, -0.1) is 0 Å². The van der Waals surface area contributed by atoms with Crippen molar-refractivity contribution in [3.63, 3.8) is 0 Å². The summed E-state index contributed by atoms with van der Waals surface area (Å²) in [5.41, 5.74) is 6.72. The normalized spacial score (nSPS) is 18.7. The Labute approximate surface area is 113 Å². The molecule has 0 spiro atoms. The predicted octanol–water partition coefficient (Wildman–Crippen LogP) is 1.40. The molecule has 1 aliphatic rings. The van der Waals surface area contributed by atoms with Crippen molar-refractivity contribution < 1.29 is 9.47 Å². The van der Waals surface area contributed by atoms with Crippen LogP contribution >= 0.6 is 0 Å². The maximum atomic E-state index is 5.75. The van der Waals surface area contributed by atoms with Crippen molar-refractivity contribution in [2.75, 3.05) is 44.0 Å². The molecular formula is C13H22N4O2. The van der Waals surface area contributed by atoms with Gasteiger partial charge in [0, 0.05) is 38.3 Å². The summed E-state index contributed by atoms with van der Waals surface area (Å²) in [7, 11) is 0. The first-order valence-electron chi connectivity index (χ1n) is 6.83. The fourth-order valence-electron chi connectivity index (χ4n) is 2.09. The van der Waals surface area contributed by atoms with Gasteiger partial charge in [0.25, 0.3) is 0 Å². The van der Waals surface area contributed by atoms with E-state index in [4.69, 9.17) is 15.2 Å². The lowest BCUT2D eigenvalue weighted by atomic mass is 10.0. The monoisotopic (exact) mass is 266 g/mol. The van der Waals surface area contributed by atoms with Crippen LogP contribution in [0.2, 0.25) is 0 Å². The average molecular weight is 266 g/mol. The van der Waals surface area contributed by atoms with E-state index in [0.29, 0.717) is 11.9 Å². The first kappa shape index (κ1) is 14.0. The molecule has 0 saturated carbocycles. The Morgan fingerprint density at radius 1 is 1.53 bits per heavy atom. The second-order valence-corrected chi connectivity index (χ2v) is 4.57. The molecule has 1 saturated heterocycles. The minimum absolute atomic E-state index is 0.316. The molecule has 19 heavy (non-hydrogen) atoms. The van der Waals surface area contributed by atoms with Gasteiger partial charge in [0.1, 0.15) is 5.82 Å². The van der Waals surface area contributed by atoms with Crippen molar-refractivity contribution in [1.82, 2.24) is 9.97 Å². The molecular weight excluding hydrogens is 244 g/mol. The number of aromatic nitrogens is 2. The van der Waals surface area contributed by atoms with Crippen molar-refractivity contribution in [3.8, 4) is 0 Å². The number of nitrogens with one attached hydrogen (secondary N) is 1. The van der Waals surface area contributed by atoms with E-state index in [1.54, 1.807) is 0 Å². The maximum absolute atomic E-state index is 5.75. The Hall–Kier alpha value is -1.40. The summed E-state index contributed by atoms with van der Waals surface area (Å²) in [4.78, 5) is 8.49. The van der Waals surface area contributed by atoms with Gasteiger partial charge < -0.3 is 20.5 Å². The zero-order chi connectivity index (χ0) is 13.5. The van der Waals surface area contributed by atoms with E-state index in [9.17, 15) is 0 Å². The van der Waals surface area contributed by atoms with Crippen LogP contribution in [0.5, 0.6) is 0 Å². The summed E-state index contributed by atoms with van der Waals surface area (Å²) in [6.45, 7) is 5.84. The van der Waals surface area contributed by atoms with E-state index < -0.39 is 0 Å². The molecule has 2 heterocycles. The van der Waals surface area contributed by atoms with Crippen molar-refractivity contribution in [1.29, 1.82) is 0 Å². The number of anilines is 2. The van der Waals surface area contributed by atoms with Crippen molar-refractivity contribution >= 4 is 11.8 Å². The summed E-state index contributed by atoms with van der Waals surface area (Å²) in [5, 5.41) is 3.26. The van der Waals surface area contributed by atoms with Gasteiger partial charge in [-0.3, -0.25) is 0 Å². The first-order valence-corrected chi connectivity index (χ1v) is 6.83. The quantitative estimate of drug-likeness (QED) is 0.726. The smallest absolute Gasteiger partial charge is 0.222 e. The first-order chi connectivity index (χ1) is 9.29. The lowest BCUT2D eigenvalue weighted by Gasteiger charge is -2.11.